The summed E-state index contributed by atoms with van der Waals surface area (Å²) in [5, 5.41) is 7.39. The second-order valence-corrected chi connectivity index (χ2v) is 9.50. The fraction of sp³-hybridized carbons (Fsp3) is 0.267. The molecule has 0 aliphatic heterocycles. The monoisotopic (exact) mass is 434 g/mol. The fourth-order valence-corrected chi connectivity index (χ4v) is 5.25. The van der Waals surface area contributed by atoms with Crippen molar-refractivity contribution in [2.24, 2.45) is 5.92 Å². The predicted molar refractivity (Wildman–Crippen MR) is 136 cm³/mol. The highest BCUT2D eigenvalue weighted by atomic mass is 16.2. The van der Waals surface area contributed by atoms with Gasteiger partial charge in [0.2, 0.25) is 0 Å². The number of aromatic nitrogens is 2. The molecule has 1 aliphatic carbocycles. The van der Waals surface area contributed by atoms with E-state index in [1.165, 1.54) is 16.3 Å². The summed E-state index contributed by atoms with van der Waals surface area (Å²) in [6.07, 6.45) is 5.74. The van der Waals surface area contributed by atoms with E-state index in [9.17, 15) is 4.79 Å². The molecule has 3 nitrogen and oxygen atoms in total. The molecule has 3 aromatic carbocycles. The summed E-state index contributed by atoms with van der Waals surface area (Å²) in [4.78, 5) is 13.5. The van der Waals surface area contributed by atoms with Crippen molar-refractivity contribution in [3.8, 4) is 11.3 Å². The maximum Gasteiger partial charge on any atom is 0.271 e. The van der Waals surface area contributed by atoms with Crippen LogP contribution in [0.15, 0.2) is 78.9 Å². The highest BCUT2D eigenvalue weighted by Gasteiger charge is 2.35. The molecule has 0 N–H and O–H groups in total. The van der Waals surface area contributed by atoms with Gasteiger partial charge in [0.15, 0.2) is 0 Å². The van der Waals surface area contributed by atoms with Crippen LogP contribution in [0, 0.1) is 5.92 Å². The molecular formula is C30H30N2O. The second-order valence-electron chi connectivity index (χ2n) is 9.50. The van der Waals surface area contributed by atoms with Crippen molar-refractivity contribution >= 4 is 22.8 Å². The first-order valence-electron chi connectivity index (χ1n) is 11.9. The minimum absolute atomic E-state index is 0.0821. The van der Waals surface area contributed by atoms with E-state index in [2.05, 4.69) is 63.2 Å². The Morgan fingerprint density at radius 3 is 2.48 bits per heavy atom. The van der Waals surface area contributed by atoms with Crippen molar-refractivity contribution in [3.63, 3.8) is 0 Å². The molecule has 0 amide bonds. The van der Waals surface area contributed by atoms with E-state index in [1.54, 1.807) is 10.8 Å². The Balaban J connectivity index is 1.70. The molecule has 33 heavy (non-hydrogen) atoms. The first kappa shape index (κ1) is 21.4. The Morgan fingerprint density at radius 1 is 0.970 bits per heavy atom. The molecule has 0 radical (unpaired) electrons. The molecule has 0 bridgehead atoms. The first-order valence-corrected chi connectivity index (χ1v) is 11.9. The zero-order chi connectivity index (χ0) is 22.9. The van der Waals surface area contributed by atoms with Crippen LogP contribution in [0.2, 0.25) is 0 Å². The molecule has 166 valence electrons. The highest BCUT2D eigenvalue weighted by molar-refractivity contribution is 5.98. The molecular weight excluding hydrogens is 404 g/mol. The summed E-state index contributed by atoms with van der Waals surface area (Å²) in [7, 11) is 0. The maximum atomic E-state index is 13.5. The molecule has 0 saturated carbocycles. The summed E-state index contributed by atoms with van der Waals surface area (Å²) in [6.45, 7) is 6.79. The summed E-state index contributed by atoms with van der Waals surface area (Å²) in [6, 6.07) is 24.7. The molecule has 5 rings (SSSR count). The van der Waals surface area contributed by atoms with Gasteiger partial charge in [0.25, 0.3) is 5.91 Å². The Morgan fingerprint density at radius 2 is 1.70 bits per heavy atom. The zero-order valence-corrected chi connectivity index (χ0v) is 19.5. The minimum atomic E-state index is -0.0821. The molecule has 4 aromatic rings. The Kier molecular flexibility index (Phi) is 5.72. The van der Waals surface area contributed by atoms with Gasteiger partial charge < -0.3 is 0 Å². The van der Waals surface area contributed by atoms with Gasteiger partial charge in [-0.25, -0.2) is 4.68 Å². The number of carbonyl (C=O) groups is 1. The van der Waals surface area contributed by atoms with Gasteiger partial charge >= 0.3 is 0 Å². The lowest BCUT2D eigenvalue weighted by atomic mass is 9.75. The molecule has 2 unspecified atom stereocenters. The lowest BCUT2D eigenvalue weighted by Crippen LogP contribution is -2.23. The van der Waals surface area contributed by atoms with E-state index in [4.69, 9.17) is 5.10 Å². The number of hydrogen-bond acceptors (Lipinski definition) is 2. The lowest BCUT2D eigenvalue weighted by molar-refractivity contribution is 0.0947. The normalized spacial score (nSPS) is 18.2. The van der Waals surface area contributed by atoms with Crippen molar-refractivity contribution in [2.75, 3.05) is 0 Å². The van der Waals surface area contributed by atoms with E-state index in [-0.39, 0.29) is 5.91 Å². The average Bonchev–Trinajstić information content (AvgIpc) is 3.24. The summed E-state index contributed by atoms with van der Waals surface area (Å²) in [5.74, 6) is 1.05. The SMILES string of the molecule is CC1CCC(C(C)C)c2c1c(-c1cccc3ccccc13)nn2C(=O)/C=C/c1ccccc1. The van der Waals surface area contributed by atoms with Crippen molar-refractivity contribution in [2.45, 2.75) is 45.4 Å². The molecule has 3 heteroatoms. The van der Waals surface area contributed by atoms with E-state index in [0.717, 1.165) is 35.4 Å². The highest BCUT2D eigenvalue weighted by Crippen LogP contribution is 2.47. The van der Waals surface area contributed by atoms with Gasteiger partial charge in [-0.1, -0.05) is 93.6 Å². The number of hydrogen-bond donors (Lipinski definition) is 0. The quantitative estimate of drug-likeness (QED) is 0.309. The van der Waals surface area contributed by atoms with Crippen LogP contribution in [0.4, 0.5) is 0 Å². The van der Waals surface area contributed by atoms with Gasteiger partial charge in [-0.2, -0.15) is 5.10 Å². The predicted octanol–water partition coefficient (Wildman–Crippen LogP) is 7.69. The van der Waals surface area contributed by atoms with Gasteiger partial charge in [0.05, 0.1) is 11.4 Å². The zero-order valence-electron chi connectivity index (χ0n) is 19.5. The smallest absolute Gasteiger partial charge is 0.267 e. The lowest BCUT2D eigenvalue weighted by Gasteiger charge is -2.30. The number of fused-ring (bicyclic) bond motifs is 2. The Bertz CT molecular complexity index is 1320. The van der Waals surface area contributed by atoms with E-state index in [1.807, 2.05) is 36.4 Å². The number of allylic oxidation sites excluding steroid dienone is 1. The first-order chi connectivity index (χ1) is 16.0. The Labute approximate surface area is 195 Å². The standard InChI is InChI=1S/C30H30N2O/c1-20(2)24-18-16-21(3)28-29(26-15-9-13-23-12-7-8-14-25(23)26)31-32(30(24)28)27(33)19-17-22-10-5-4-6-11-22/h4-15,17,19-21,24H,16,18H2,1-3H3/b19-17+. The van der Waals surface area contributed by atoms with Crippen molar-refractivity contribution < 1.29 is 4.79 Å². The van der Waals surface area contributed by atoms with Crippen LogP contribution in [0.5, 0.6) is 0 Å². The molecule has 1 heterocycles. The third kappa shape index (κ3) is 3.93. The van der Waals surface area contributed by atoms with Crippen LogP contribution in [0.1, 0.15) is 67.1 Å². The van der Waals surface area contributed by atoms with Gasteiger partial charge in [0.1, 0.15) is 0 Å². The van der Waals surface area contributed by atoms with E-state index in [0.29, 0.717) is 17.8 Å². The second kappa shape index (κ2) is 8.82. The summed E-state index contributed by atoms with van der Waals surface area (Å²) in [5.41, 5.74) is 5.43. The molecule has 1 aromatic heterocycles. The van der Waals surface area contributed by atoms with Crippen LogP contribution in [0.25, 0.3) is 28.1 Å². The molecule has 0 spiro atoms. The van der Waals surface area contributed by atoms with Crippen LogP contribution >= 0.6 is 0 Å². The van der Waals surface area contributed by atoms with Crippen molar-refractivity contribution in [1.82, 2.24) is 9.78 Å². The summed E-state index contributed by atoms with van der Waals surface area (Å²) >= 11 is 0. The maximum absolute atomic E-state index is 13.5. The number of nitrogens with zero attached hydrogens (tertiary/aromatic N) is 2. The van der Waals surface area contributed by atoms with Crippen molar-refractivity contribution in [1.29, 1.82) is 0 Å². The number of carbonyl (C=O) groups excluding carboxylic acids is 1. The third-order valence-corrected chi connectivity index (χ3v) is 6.99. The van der Waals surface area contributed by atoms with Crippen molar-refractivity contribution in [3.05, 3.63) is 95.7 Å². The molecule has 1 aliphatic rings. The number of rotatable bonds is 4. The fourth-order valence-electron chi connectivity index (χ4n) is 5.25. The van der Waals surface area contributed by atoms with Crippen LogP contribution < -0.4 is 0 Å². The molecule has 0 fully saturated rings. The van der Waals surface area contributed by atoms with Crippen LogP contribution in [0.3, 0.4) is 0 Å². The largest absolute Gasteiger partial charge is 0.271 e. The summed E-state index contributed by atoms with van der Waals surface area (Å²) < 4.78 is 1.70. The third-order valence-electron chi connectivity index (χ3n) is 6.99. The van der Waals surface area contributed by atoms with Gasteiger partial charge in [-0.3, -0.25) is 4.79 Å². The minimum Gasteiger partial charge on any atom is -0.267 e. The average molecular weight is 435 g/mol. The van der Waals surface area contributed by atoms with Crippen LogP contribution in [-0.4, -0.2) is 15.7 Å². The molecule has 0 saturated heterocycles. The Hall–Kier alpha value is -3.46. The van der Waals surface area contributed by atoms with Gasteiger partial charge in [0, 0.05) is 23.1 Å². The van der Waals surface area contributed by atoms with Gasteiger partial charge in [-0.05, 0) is 47.1 Å². The molecule has 2 atom stereocenters. The van der Waals surface area contributed by atoms with Gasteiger partial charge in [-0.15, -0.1) is 0 Å². The van der Waals surface area contributed by atoms with E-state index >= 15 is 0 Å². The van der Waals surface area contributed by atoms with E-state index < -0.39 is 0 Å². The number of benzene rings is 3. The van der Waals surface area contributed by atoms with Crippen LogP contribution in [-0.2, 0) is 0 Å². The topological polar surface area (TPSA) is 34.9 Å².